The van der Waals surface area contributed by atoms with Crippen molar-refractivity contribution in [3.63, 3.8) is 0 Å². The summed E-state index contributed by atoms with van der Waals surface area (Å²) >= 11 is 0. The van der Waals surface area contributed by atoms with Crippen LogP contribution in [0.15, 0.2) is 0 Å². The molecular formula is C6H11NO3. The van der Waals surface area contributed by atoms with Crippen LogP contribution in [-0.2, 0) is 14.3 Å². The standard InChI is InChI=1S/C6H11NO3/c1-9-6-3-10-2-5(6)7-4-8/h4-6H,2-3H2,1H3,(H,7,8)/t5-,6-/m0/s1. The van der Waals surface area contributed by atoms with E-state index in [9.17, 15) is 4.79 Å². The van der Waals surface area contributed by atoms with Crippen LogP contribution in [0, 0.1) is 0 Å². The molecule has 4 heteroatoms. The Morgan fingerprint density at radius 3 is 3.10 bits per heavy atom. The molecule has 0 aliphatic carbocycles. The van der Waals surface area contributed by atoms with Gasteiger partial charge in [-0.05, 0) is 0 Å². The monoisotopic (exact) mass is 145 g/mol. The number of carbonyl (C=O) groups is 1. The van der Waals surface area contributed by atoms with E-state index in [1.54, 1.807) is 7.11 Å². The van der Waals surface area contributed by atoms with Crippen molar-refractivity contribution in [1.82, 2.24) is 5.32 Å². The van der Waals surface area contributed by atoms with Gasteiger partial charge in [0.15, 0.2) is 0 Å². The highest BCUT2D eigenvalue weighted by Crippen LogP contribution is 2.07. The van der Waals surface area contributed by atoms with Gasteiger partial charge in [-0.2, -0.15) is 0 Å². The lowest BCUT2D eigenvalue weighted by atomic mass is 10.2. The number of hydrogen-bond donors (Lipinski definition) is 1. The average molecular weight is 145 g/mol. The smallest absolute Gasteiger partial charge is 0.207 e. The van der Waals surface area contributed by atoms with Gasteiger partial charge in [-0.25, -0.2) is 0 Å². The Bertz CT molecular complexity index is 118. The molecule has 1 rings (SSSR count). The zero-order valence-corrected chi connectivity index (χ0v) is 5.87. The lowest BCUT2D eigenvalue weighted by molar-refractivity contribution is -0.110. The van der Waals surface area contributed by atoms with Crippen LogP contribution in [0.25, 0.3) is 0 Å². The van der Waals surface area contributed by atoms with E-state index >= 15 is 0 Å². The lowest BCUT2D eigenvalue weighted by Gasteiger charge is -2.13. The molecule has 1 saturated heterocycles. The Morgan fingerprint density at radius 2 is 2.50 bits per heavy atom. The summed E-state index contributed by atoms with van der Waals surface area (Å²) in [7, 11) is 1.61. The molecule has 10 heavy (non-hydrogen) atoms. The van der Waals surface area contributed by atoms with Crippen molar-refractivity contribution in [2.24, 2.45) is 0 Å². The van der Waals surface area contributed by atoms with Crippen molar-refractivity contribution in [3.05, 3.63) is 0 Å². The zero-order valence-electron chi connectivity index (χ0n) is 5.87. The molecule has 0 radical (unpaired) electrons. The lowest BCUT2D eigenvalue weighted by Crippen LogP contribution is -2.38. The molecule has 1 heterocycles. The summed E-state index contributed by atoms with van der Waals surface area (Å²) in [6.07, 6.45) is 0.691. The normalized spacial score (nSPS) is 32.1. The van der Waals surface area contributed by atoms with E-state index in [1.807, 2.05) is 0 Å². The zero-order chi connectivity index (χ0) is 7.40. The summed E-state index contributed by atoms with van der Waals surface area (Å²) in [6.45, 7) is 1.12. The Hall–Kier alpha value is -0.610. The molecule has 1 N–H and O–H groups in total. The SMILES string of the molecule is CO[C@H]1COC[C@@H]1NC=O. The molecule has 1 aliphatic heterocycles. The molecule has 0 aromatic rings. The van der Waals surface area contributed by atoms with Crippen LogP contribution in [-0.4, -0.2) is 38.9 Å². The highest BCUT2D eigenvalue weighted by molar-refractivity contribution is 5.47. The van der Waals surface area contributed by atoms with Crippen molar-refractivity contribution in [2.45, 2.75) is 12.1 Å². The maximum atomic E-state index is 10.0. The van der Waals surface area contributed by atoms with E-state index < -0.39 is 0 Å². The molecule has 0 unspecified atom stereocenters. The summed E-state index contributed by atoms with van der Waals surface area (Å²) < 4.78 is 10.1. The van der Waals surface area contributed by atoms with E-state index in [0.717, 1.165) is 0 Å². The van der Waals surface area contributed by atoms with Crippen molar-refractivity contribution in [3.8, 4) is 0 Å². The van der Waals surface area contributed by atoms with Crippen LogP contribution in [0.5, 0.6) is 0 Å². The third-order valence-electron chi connectivity index (χ3n) is 1.61. The highest BCUT2D eigenvalue weighted by atomic mass is 16.5. The van der Waals surface area contributed by atoms with E-state index in [1.165, 1.54) is 0 Å². The van der Waals surface area contributed by atoms with Gasteiger partial charge in [0.1, 0.15) is 6.10 Å². The topological polar surface area (TPSA) is 47.6 Å². The van der Waals surface area contributed by atoms with Crippen molar-refractivity contribution < 1.29 is 14.3 Å². The van der Waals surface area contributed by atoms with Crippen molar-refractivity contribution in [2.75, 3.05) is 20.3 Å². The third-order valence-corrected chi connectivity index (χ3v) is 1.61. The molecule has 0 spiro atoms. The minimum Gasteiger partial charge on any atom is -0.377 e. The summed E-state index contributed by atoms with van der Waals surface area (Å²) in [4.78, 5) is 10.0. The predicted octanol–water partition coefficient (Wildman–Crippen LogP) is -0.854. The molecule has 0 aromatic carbocycles. The van der Waals surface area contributed by atoms with Gasteiger partial charge >= 0.3 is 0 Å². The van der Waals surface area contributed by atoms with Crippen LogP contribution in [0.3, 0.4) is 0 Å². The fourth-order valence-corrected chi connectivity index (χ4v) is 1.01. The summed E-state index contributed by atoms with van der Waals surface area (Å²) in [6, 6.07) is 0.0301. The second-order valence-corrected chi connectivity index (χ2v) is 2.20. The Kier molecular flexibility index (Phi) is 2.65. The molecule has 0 saturated carbocycles. The molecule has 4 nitrogen and oxygen atoms in total. The van der Waals surface area contributed by atoms with Gasteiger partial charge in [0.25, 0.3) is 0 Å². The van der Waals surface area contributed by atoms with Gasteiger partial charge in [-0.3, -0.25) is 4.79 Å². The third kappa shape index (κ3) is 1.46. The first kappa shape index (κ1) is 7.50. The number of carbonyl (C=O) groups excluding carboxylic acids is 1. The van der Waals surface area contributed by atoms with Gasteiger partial charge in [-0.15, -0.1) is 0 Å². The maximum absolute atomic E-state index is 10.0. The van der Waals surface area contributed by atoms with Crippen LogP contribution in [0.1, 0.15) is 0 Å². The van der Waals surface area contributed by atoms with E-state index in [4.69, 9.17) is 9.47 Å². The molecule has 1 fully saturated rings. The van der Waals surface area contributed by atoms with E-state index in [2.05, 4.69) is 5.32 Å². The second kappa shape index (κ2) is 3.53. The summed E-state index contributed by atoms with van der Waals surface area (Å²) in [5, 5.41) is 2.61. The van der Waals surface area contributed by atoms with E-state index in [-0.39, 0.29) is 12.1 Å². The Balaban J connectivity index is 2.34. The molecular weight excluding hydrogens is 134 g/mol. The highest BCUT2D eigenvalue weighted by Gasteiger charge is 2.27. The largest absolute Gasteiger partial charge is 0.377 e. The number of nitrogens with one attached hydrogen (secondary N) is 1. The Morgan fingerprint density at radius 1 is 1.70 bits per heavy atom. The van der Waals surface area contributed by atoms with Crippen LogP contribution < -0.4 is 5.32 Å². The van der Waals surface area contributed by atoms with Gasteiger partial charge in [0.2, 0.25) is 6.41 Å². The molecule has 0 bridgehead atoms. The summed E-state index contributed by atoms with van der Waals surface area (Å²) in [5.41, 5.74) is 0. The maximum Gasteiger partial charge on any atom is 0.207 e. The number of ether oxygens (including phenoxy) is 2. The minimum absolute atomic E-state index is 0.0187. The number of methoxy groups -OCH3 is 1. The molecule has 0 aromatic heterocycles. The summed E-state index contributed by atoms with van der Waals surface area (Å²) in [5.74, 6) is 0. The fourth-order valence-electron chi connectivity index (χ4n) is 1.01. The van der Waals surface area contributed by atoms with Gasteiger partial charge in [0, 0.05) is 7.11 Å². The molecule has 1 aliphatic rings. The van der Waals surface area contributed by atoms with E-state index in [0.29, 0.717) is 19.6 Å². The average Bonchev–Trinajstić information content (AvgIpc) is 2.36. The van der Waals surface area contributed by atoms with Crippen LogP contribution >= 0.6 is 0 Å². The first-order valence-corrected chi connectivity index (χ1v) is 3.18. The van der Waals surface area contributed by atoms with Crippen LogP contribution in [0.4, 0.5) is 0 Å². The Labute approximate surface area is 59.5 Å². The van der Waals surface area contributed by atoms with Gasteiger partial charge in [-0.1, -0.05) is 0 Å². The molecule has 1 amide bonds. The van der Waals surface area contributed by atoms with Gasteiger partial charge in [0.05, 0.1) is 19.3 Å². The first-order chi connectivity index (χ1) is 4.88. The van der Waals surface area contributed by atoms with Crippen molar-refractivity contribution in [1.29, 1.82) is 0 Å². The minimum atomic E-state index is 0.0187. The second-order valence-electron chi connectivity index (χ2n) is 2.20. The number of rotatable bonds is 3. The first-order valence-electron chi connectivity index (χ1n) is 3.18. The predicted molar refractivity (Wildman–Crippen MR) is 34.6 cm³/mol. The quantitative estimate of drug-likeness (QED) is 0.526. The number of hydrogen-bond acceptors (Lipinski definition) is 3. The molecule has 2 atom stereocenters. The number of amides is 1. The van der Waals surface area contributed by atoms with Crippen molar-refractivity contribution >= 4 is 6.41 Å². The van der Waals surface area contributed by atoms with Gasteiger partial charge < -0.3 is 14.8 Å². The molecule has 58 valence electrons. The van der Waals surface area contributed by atoms with Crippen LogP contribution in [0.2, 0.25) is 0 Å². The fraction of sp³-hybridized carbons (Fsp3) is 0.833.